The van der Waals surface area contributed by atoms with Gasteiger partial charge in [-0.05, 0) is 19.1 Å². The van der Waals surface area contributed by atoms with E-state index >= 15 is 0 Å². The summed E-state index contributed by atoms with van der Waals surface area (Å²) in [5.74, 6) is 0.834. The number of nitrogens with two attached hydrogens (primary N) is 1. The summed E-state index contributed by atoms with van der Waals surface area (Å²) in [4.78, 5) is 17.7. The van der Waals surface area contributed by atoms with E-state index in [4.69, 9.17) is 5.73 Å². The molecule has 0 aliphatic carbocycles. The highest BCUT2D eigenvalue weighted by molar-refractivity contribution is 5.76. The number of hydrogen-bond donors (Lipinski definition) is 2. The molecule has 0 aromatic carbocycles. The number of hydrogen-bond acceptors (Lipinski definition) is 4. The summed E-state index contributed by atoms with van der Waals surface area (Å²) >= 11 is 0. The molecule has 1 aromatic rings. The van der Waals surface area contributed by atoms with E-state index in [1.54, 1.807) is 0 Å². The molecule has 0 bridgehead atoms. The summed E-state index contributed by atoms with van der Waals surface area (Å²) in [6.45, 7) is 2.25. The molecule has 1 atom stereocenters. The molecule has 0 aliphatic rings. The van der Waals surface area contributed by atoms with Gasteiger partial charge in [-0.1, -0.05) is 6.07 Å². The van der Waals surface area contributed by atoms with E-state index in [0.29, 0.717) is 13.0 Å². The zero-order chi connectivity index (χ0) is 12.8. The fourth-order valence-electron chi connectivity index (χ4n) is 1.37. The van der Waals surface area contributed by atoms with Crippen LogP contribution in [0.3, 0.4) is 0 Å². The van der Waals surface area contributed by atoms with Crippen LogP contribution in [0.2, 0.25) is 0 Å². The highest BCUT2D eigenvalue weighted by Crippen LogP contribution is 2.07. The molecular weight excluding hydrogens is 216 g/mol. The second kappa shape index (κ2) is 6.20. The van der Waals surface area contributed by atoms with Crippen molar-refractivity contribution in [3.63, 3.8) is 0 Å². The van der Waals surface area contributed by atoms with Gasteiger partial charge in [-0.3, -0.25) is 4.79 Å². The van der Waals surface area contributed by atoms with Crippen LogP contribution in [-0.4, -0.2) is 31.0 Å². The monoisotopic (exact) mass is 236 g/mol. The fraction of sp³-hybridized carbons (Fsp3) is 0.500. The van der Waals surface area contributed by atoms with Crippen LogP contribution in [0.15, 0.2) is 18.2 Å². The van der Waals surface area contributed by atoms with Gasteiger partial charge in [0, 0.05) is 26.6 Å². The molecule has 0 aliphatic heterocycles. The molecule has 94 valence electrons. The number of carbonyl (C=O) groups is 1. The topological polar surface area (TPSA) is 71.2 Å². The van der Waals surface area contributed by atoms with Crippen molar-refractivity contribution in [2.45, 2.75) is 25.9 Å². The number of carbonyl (C=O) groups excluding carboxylic acids is 1. The second-order valence-corrected chi connectivity index (χ2v) is 4.34. The van der Waals surface area contributed by atoms with Crippen molar-refractivity contribution in [1.82, 2.24) is 10.3 Å². The molecule has 0 saturated heterocycles. The Balaban J connectivity index is 2.52. The predicted octanol–water partition coefficient (Wildman–Crippen LogP) is 0.501. The number of nitrogens with zero attached hydrogens (tertiary/aromatic N) is 2. The molecule has 0 spiro atoms. The highest BCUT2D eigenvalue weighted by Gasteiger charge is 2.05. The predicted molar refractivity (Wildman–Crippen MR) is 68.7 cm³/mol. The highest BCUT2D eigenvalue weighted by atomic mass is 16.1. The van der Waals surface area contributed by atoms with Crippen LogP contribution < -0.4 is 16.0 Å². The fourth-order valence-corrected chi connectivity index (χ4v) is 1.37. The quantitative estimate of drug-likeness (QED) is 0.781. The van der Waals surface area contributed by atoms with Crippen molar-refractivity contribution in [3.8, 4) is 0 Å². The van der Waals surface area contributed by atoms with E-state index in [0.717, 1.165) is 11.5 Å². The maximum Gasteiger partial charge on any atom is 0.221 e. The molecule has 1 aromatic heterocycles. The van der Waals surface area contributed by atoms with E-state index in [9.17, 15) is 4.79 Å². The van der Waals surface area contributed by atoms with Gasteiger partial charge in [0.2, 0.25) is 5.91 Å². The van der Waals surface area contributed by atoms with E-state index in [2.05, 4.69) is 10.3 Å². The molecule has 1 heterocycles. The molecule has 0 fully saturated rings. The smallest absolute Gasteiger partial charge is 0.221 e. The Labute approximate surface area is 102 Å². The van der Waals surface area contributed by atoms with Gasteiger partial charge in [0.05, 0.1) is 12.2 Å². The van der Waals surface area contributed by atoms with Crippen molar-refractivity contribution in [1.29, 1.82) is 0 Å². The Morgan fingerprint density at radius 1 is 1.53 bits per heavy atom. The molecule has 1 unspecified atom stereocenters. The summed E-state index contributed by atoms with van der Waals surface area (Å²) in [6, 6.07) is 5.62. The first kappa shape index (κ1) is 13.4. The SMILES string of the molecule is CC(N)CC(=O)NCc1cccc(N(C)C)n1. The number of pyridine rings is 1. The van der Waals surface area contributed by atoms with Crippen molar-refractivity contribution in [2.75, 3.05) is 19.0 Å². The van der Waals surface area contributed by atoms with Gasteiger partial charge in [-0.2, -0.15) is 0 Å². The van der Waals surface area contributed by atoms with Gasteiger partial charge in [-0.25, -0.2) is 4.98 Å². The minimum atomic E-state index is -0.115. The molecule has 17 heavy (non-hydrogen) atoms. The lowest BCUT2D eigenvalue weighted by Gasteiger charge is -2.12. The second-order valence-electron chi connectivity index (χ2n) is 4.34. The van der Waals surface area contributed by atoms with Crippen molar-refractivity contribution < 1.29 is 4.79 Å². The third-order valence-electron chi connectivity index (χ3n) is 2.22. The third-order valence-corrected chi connectivity index (χ3v) is 2.22. The van der Waals surface area contributed by atoms with Crippen molar-refractivity contribution in [3.05, 3.63) is 23.9 Å². The molecular formula is C12H20N4O. The minimum Gasteiger partial charge on any atom is -0.363 e. The number of aromatic nitrogens is 1. The summed E-state index contributed by atoms with van der Waals surface area (Å²) in [5, 5.41) is 2.80. The van der Waals surface area contributed by atoms with Crippen LogP contribution in [0.25, 0.3) is 0 Å². The summed E-state index contributed by atoms with van der Waals surface area (Å²) in [7, 11) is 3.86. The average Bonchev–Trinajstić information content (AvgIpc) is 2.26. The van der Waals surface area contributed by atoms with Crippen LogP contribution in [0.4, 0.5) is 5.82 Å². The lowest BCUT2D eigenvalue weighted by atomic mass is 10.2. The normalized spacial score (nSPS) is 12.0. The molecule has 0 radical (unpaired) electrons. The van der Waals surface area contributed by atoms with Gasteiger partial charge < -0.3 is 16.0 Å². The first-order chi connectivity index (χ1) is 7.99. The Hall–Kier alpha value is -1.62. The van der Waals surface area contributed by atoms with E-state index in [1.165, 1.54) is 0 Å². The number of anilines is 1. The minimum absolute atomic E-state index is 0.0444. The largest absolute Gasteiger partial charge is 0.363 e. The number of nitrogens with one attached hydrogen (secondary N) is 1. The lowest BCUT2D eigenvalue weighted by Crippen LogP contribution is -2.29. The average molecular weight is 236 g/mol. The molecule has 1 rings (SSSR count). The van der Waals surface area contributed by atoms with Gasteiger partial charge in [-0.15, -0.1) is 0 Å². The van der Waals surface area contributed by atoms with E-state index in [1.807, 2.05) is 44.1 Å². The van der Waals surface area contributed by atoms with E-state index in [-0.39, 0.29) is 11.9 Å². The van der Waals surface area contributed by atoms with Crippen molar-refractivity contribution >= 4 is 11.7 Å². The molecule has 1 amide bonds. The van der Waals surface area contributed by atoms with Crippen LogP contribution in [-0.2, 0) is 11.3 Å². The van der Waals surface area contributed by atoms with E-state index < -0.39 is 0 Å². The number of amides is 1. The Morgan fingerprint density at radius 3 is 2.82 bits per heavy atom. The van der Waals surface area contributed by atoms with Crippen molar-refractivity contribution in [2.24, 2.45) is 5.73 Å². The summed E-state index contributed by atoms with van der Waals surface area (Å²) in [5.41, 5.74) is 6.38. The molecule has 5 nitrogen and oxygen atoms in total. The Morgan fingerprint density at radius 2 is 2.24 bits per heavy atom. The van der Waals surface area contributed by atoms with Gasteiger partial charge in [0.1, 0.15) is 5.82 Å². The van der Waals surface area contributed by atoms with Gasteiger partial charge in [0.25, 0.3) is 0 Å². The zero-order valence-electron chi connectivity index (χ0n) is 10.6. The Bertz CT molecular complexity index is 377. The molecule has 5 heteroatoms. The van der Waals surface area contributed by atoms with Gasteiger partial charge in [0.15, 0.2) is 0 Å². The first-order valence-electron chi connectivity index (χ1n) is 5.64. The van der Waals surface area contributed by atoms with Crippen LogP contribution in [0.5, 0.6) is 0 Å². The third kappa shape index (κ3) is 4.82. The van der Waals surface area contributed by atoms with Crippen LogP contribution in [0.1, 0.15) is 19.0 Å². The van der Waals surface area contributed by atoms with Gasteiger partial charge >= 0.3 is 0 Å². The summed E-state index contributed by atoms with van der Waals surface area (Å²) < 4.78 is 0. The number of rotatable bonds is 5. The Kier molecular flexibility index (Phi) is 4.90. The molecule has 0 saturated carbocycles. The lowest BCUT2D eigenvalue weighted by molar-refractivity contribution is -0.121. The standard InChI is InChI=1S/C12H20N4O/c1-9(13)7-12(17)14-8-10-5-4-6-11(15-10)16(2)3/h4-6,9H,7-8,13H2,1-3H3,(H,14,17). The first-order valence-corrected chi connectivity index (χ1v) is 5.64. The maximum absolute atomic E-state index is 11.4. The van der Waals surface area contributed by atoms with Crippen LogP contribution in [0, 0.1) is 0 Å². The van der Waals surface area contributed by atoms with Crippen LogP contribution >= 0.6 is 0 Å². The molecule has 3 N–H and O–H groups in total. The summed E-state index contributed by atoms with van der Waals surface area (Å²) in [6.07, 6.45) is 0.341. The zero-order valence-corrected chi connectivity index (χ0v) is 10.6. The maximum atomic E-state index is 11.4.